The van der Waals surface area contributed by atoms with E-state index in [4.69, 9.17) is 0 Å². The van der Waals surface area contributed by atoms with Gasteiger partial charge in [-0.15, -0.1) is 11.8 Å². The van der Waals surface area contributed by atoms with Crippen molar-refractivity contribution in [3.8, 4) is 0 Å². The predicted molar refractivity (Wildman–Crippen MR) is 120 cm³/mol. The van der Waals surface area contributed by atoms with Crippen molar-refractivity contribution < 1.29 is 14.4 Å². The maximum atomic E-state index is 12.9. The summed E-state index contributed by atoms with van der Waals surface area (Å²) in [6.07, 6.45) is 5.57. The van der Waals surface area contributed by atoms with Crippen LogP contribution in [0.5, 0.6) is 0 Å². The molecule has 1 saturated carbocycles. The van der Waals surface area contributed by atoms with Crippen molar-refractivity contribution in [2.75, 3.05) is 31.7 Å². The molecule has 0 unspecified atom stereocenters. The number of thioether (sulfide) groups is 1. The van der Waals surface area contributed by atoms with E-state index >= 15 is 0 Å². The number of amides is 3. The summed E-state index contributed by atoms with van der Waals surface area (Å²) in [6, 6.07) is 7.83. The number of para-hydroxylation sites is 1. The van der Waals surface area contributed by atoms with E-state index in [0.717, 1.165) is 23.4 Å². The van der Waals surface area contributed by atoms with Gasteiger partial charge in [0.2, 0.25) is 17.7 Å². The molecule has 1 N–H and O–H groups in total. The SMILES string of the molecule is CSc1ccccc1NC(=O)CN(C)C(=O)[C@@H]1CC(=O)N([C@@H]2CCC[C@H](C)[C@H]2C)C1. The average Bonchev–Trinajstić information content (AvgIpc) is 3.11. The fraction of sp³-hybridized carbons (Fsp3) is 0.609. The number of carbonyl (C=O) groups is 3. The van der Waals surface area contributed by atoms with Crippen LogP contribution < -0.4 is 5.32 Å². The van der Waals surface area contributed by atoms with E-state index in [2.05, 4.69) is 19.2 Å². The fourth-order valence-corrected chi connectivity index (χ4v) is 5.31. The van der Waals surface area contributed by atoms with E-state index in [1.807, 2.05) is 35.4 Å². The molecule has 1 heterocycles. The third kappa shape index (κ3) is 4.99. The van der Waals surface area contributed by atoms with Crippen LogP contribution in [0.3, 0.4) is 0 Å². The number of anilines is 1. The Bertz CT molecular complexity index is 800. The molecular formula is C23H33N3O3S. The molecule has 0 radical (unpaired) electrons. The summed E-state index contributed by atoms with van der Waals surface area (Å²) in [6.45, 7) is 4.92. The first kappa shape index (κ1) is 22.7. The number of nitrogens with one attached hydrogen (secondary N) is 1. The van der Waals surface area contributed by atoms with Crippen LogP contribution in [-0.2, 0) is 14.4 Å². The fourth-order valence-electron chi connectivity index (χ4n) is 4.75. The lowest BCUT2D eigenvalue weighted by Gasteiger charge is -2.40. The van der Waals surface area contributed by atoms with Crippen molar-refractivity contribution in [3.63, 3.8) is 0 Å². The minimum absolute atomic E-state index is 0.0247. The molecule has 1 aliphatic heterocycles. The molecule has 0 spiro atoms. The summed E-state index contributed by atoms with van der Waals surface area (Å²) in [4.78, 5) is 42.4. The summed E-state index contributed by atoms with van der Waals surface area (Å²) in [5, 5.41) is 2.89. The highest BCUT2D eigenvalue weighted by atomic mass is 32.2. The molecule has 2 aliphatic rings. The van der Waals surface area contributed by atoms with Crippen molar-refractivity contribution >= 4 is 35.2 Å². The summed E-state index contributed by atoms with van der Waals surface area (Å²) in [7, 11) is 1.64. The van der Waals surface area contributed by atoms with Crippen LogP contribution in [0.15, 0.2) is 29.2 Å². The van der Waals surface area contributed by atoms with Crippen molar-refractivity contribution in [3.05, 3.63) is 24.3 Å². The Morgan fingerprint density at radius 1 is 1.23 bits per heavy atom. The number of carbonyl (C=O) groups excluding carboxylic acids is 3. The van der Waals surface area contributed by atoms with Gasteiger partial charge in [0.05, 0.1) is 18.2 Å². The molecule has 1 aliphatic carbocycles. The Kier molecular flexibility index (Phi) is 7.45. The van der Waals surface area contributed by atoms with E-state index in [0.29, 0.717) is 18.4 Å². The van der Waals surface area contributed by atoms with Gasteiger partial charge in [-0.3, -0.25) is 14.4 Å². The number of benzene rings is 1. The molecule has 1 aromatic carbocycles. The number of hydrogen-bond acceptors (Lipinski definition) is 4. The van der Waals surface area contributed by atoms with E-state index < -0.39 is 0 Å². The minimum Gasteiger partial charge on any atom is -0.339 e. The molecule has 3 rings (SSSR count). The Morgan fingerprint density at radius 3 is 2.70 bits per heavy atom. The lowest BCUT2D eigenvalue weighted by atomic mass is 9.77. The van der Waals surface area contributed by atoms with E-state index in [9.17, 15) is 14.4 Å². The number of rotatable bonds is 6. The van der Waals surface area contributed by atoms with Crippen LogP contribution in [0.25, 0.3) is 0 Å². The van der Waals surface area contributed by atoms with Gasteiger partial charge in [0.15, 0.2) is 0 Å². The maximum absolute atomic E-state index is 12.9. The second-order valence-electron chi connectivity index (χ2n) is 8.72. The number of hydrogen-bond donors (Lipinski definition) is 1. The Labute approximate surface area is 183 Å². The van der Waals surface area contributed by atoms with Gasteiger partial charge in [-0.25, -0.2) is 0 Å². The van der Waals surface area contributed by atoms with Crippen molar-refractivity contribution in [1.82, 2.24) is 9.80 Å². The quantitative estimate of drug-likeness (QED) is 0.700. The maximum Gasteiger partial charge on any atom is 0.244 e. The van der Waals surface area contributed by atoms with Gasteiger partial charge in [0.25, 0.3) is 0 Å². The molecule has 2 fully saturated rings. The Morgan fingerprint density at radius 2 is 1.97 bits per heavy atom. The van der Waals surface area contributed by atoms with Crippen LogP contribution in [0.1, 0.15) is 39.5 Å². The third-order valence-corrected chi connectivity index (χ3v) is 7.51. The molecule has 1 aromatic rings. The standard InChI is InChI=1S/C23H33N3O3S/c1-15-8-7-10-19(16(15)2)26-13-17(12-22(26)28)23(29)25(3)14-21(27)24-18-9-5-6-11-20(18)30-4/h5-6,9,11,15-17,19H,7-8,10,12-14H2,1-4H3,(H,24,27)/t15-,16+,17+,19+/m0/s1. The van der Waals surface area contributed by atoms with Gasteiger partial charge < -0.3 is 15.1 Å². The number of likely N-dealkylation sites (N-methyl/N-ethyl adjacent to an activating group) is 1. The van der Waals surface area contributed by atoms with Crippen molar-refractivity contribution in [2.24, 2.45) is 17.8 Å². The first-order valence-corrected chi connectivity index (χ1v) is 12.0. The largest absolute Gasteiger partial charge is 0.339 e. The third-order valence-electron chi connectivity index (χ3n) is 6.71. The highest BCUT2D eigenvalue weighted by Gasteiger charge is 2.42. The Balaban J connectivity index is 1.57. The molecule has 1 saturated heterocycles. The Hall–Kier alpha value is -2.02. The van der Waals surface area contributed by atoms with Gasteiger partial charge >= 0.3 is 0 Å². The van der Waals surface area contributed by atoms with E-state index in [1.54, 1.807) is 18.8 Å². The molecule has 0 bridgehead atoms. The van der Waals surface area contributed by atoms with Crippen molar-refractivity contribution in [1.29, 1.82) is 0 Å². The minimum atomic E-state index is -0.363. The zero-order valence-electron chi connectivity index (χ0n) is 18.4. The van der Waals surface area contributed by atoms with Crippen LogP contribution in [0, 0.1) is 17.8 Å². The molecule has 30 heavy (non-hydrogen) atoms. The molecule has 7 heteroatoms. The van der Waals surface area contributed by atoms with E-state index in [-0.39, 0.29) is 42.6 Å². The molecule has 4 atom stereocenters. The zero-order valence-corrected chi connectivity index (χ0v) is 19.2. The molecule has 3 amide bonds. The van der Waals surface area contributed by atoms with Gasteiger partial charge in [-0.1, -0.05) is 38.8 Å². The lowest BCUT2D eigenvalue weighted by molar-refractivity contribution is -0.137. The smallest absolute Gasteiger partial charge is 0.244 e. The van der Waals surface area contributed by atoms with Gasteiger partial charge in [0, 0.05) is 31.0 Å². The van der Waals surface area contributed by atoms with Crippen LogP contribution in [0.4, 0.5) is 5.69 Å². The monoisotopic (exact) mass is 431 g/mol. The van der Waals surface area contributed by atoms with E-state index in [1.165, 1.54) is 11.3 Å². The van der Waals surface area contributed by atoms with Crippen LogP contribution in [0.2, 0.25) is 0 Å². The average molecular weight is 432 g/mol. The molecular weight excluding hydrogens is 398 g/mol. The summed E-state index contributed by atoms with van der Waals surface area (Å²) in [5.41, 5.74) is 0.749. The number of nitrogens with zero attached hydrogens (tertiary/aromatic N) is 2. The summed E-state index contributed by atoms with van der Waals surface area (Å²) < 4.78 is 0. The highest BCUT2D eigenvalue weighted by molar-refractivity contribution is 7.98. The molecule has 6 nitrogen and oxygen atoms in total. The summed E-state index contributed by atoms with van der Waals surface area (Å²) >= 11 is 1.56. The van der Waals surface area contributed by atoms with Gasteiger partial charge in [-0.2, -0.15) is 0 Å². The van der Waals surface area contributed by atoms with Crippen molar-refractivity contribution in [2.45, 2.75) is 50.5 Å². The first-order chi connectivity index (χ1) is 14.3. The normalized spacial score (nSPS) is 26.5. The first-order valence-electron chi connectivity index (χ1n) is 10.8. The van der Waals surface area contributed by atoms with Gasteiger partial charge in [0.1, 0.15) is 0 Å². The molecule has 164 valence electrons. The second-order valence-corrected chi connectivity index (χ2v) is 9.57. The predicted octanol–water partition coefficient (Wildman–Crippen LogP) is 3.48. The number of likely N-dealkylation sites (tertiary alicyclic amines) is 1. The summed E-state index contributed by atoms with van der Waals surface area (Å²) in [5.74, 6) is 0.404. The lowest BCUT2D eigenvalue weighted by Crippen LogP contribution is -2.45. The van der Waals surface area contributed by atoms with Gasteiger partial charge in [-0.05, 0) is 36.6 Å². The van der Waals surface area contributed by atoms with Crippen LogP contribution in [-0.4, -0.2) is 60.0 Å². The molecule has 0 aromatic heterocycles. The highest BCUT2D eigenvalue weighted by Crippen LogP contribution is 2.36. The second kappa shape index (κ2) is 9.86. The van der Waals surface area contributed by atoms with Crippen LogP contribution >= 0.6 is 11.8 Å². The topological polar surface area (TPSA) is 69.7 Å². The zero-order chi connectivity index (χ0) is 21.8.